The second kappa shape index (κ2) is 8.30. The van der Waals surface area contributed by atoms with Crippen LogP contribution in [0.1, 0.15) is 61.4 Å². The molecule has 148 valence electrons. The van der Waals surface area contributed by atoms with Gasteiger partial charge in [0, 0.05) is 33.1 Å². The quantitative estimate of drug-likeness (QED) is 0.792. The van der Waals surface area contributed by atoms with Crippen molar-refractivity contribution >= 4 is 16.8 Å². The molecule has 1 unspecified atom stereocenters. The predicted octanol–water partition coefficient (Wildman–Crippen LogP) is 3.04. The van der Waals surface area contributed by atoms with Gasteiger partial charge < -0.3 is 19.2 Å². The Morgan fingerprint density at radius 2 is 1.96 bits per heavy atom. The summed E-state index contributed by atoms with van der Waals surface area (Å²) in [6.07, 6.45) is 9.91. The lowest BCUT2D eigenvalue weighted by molar-refractivity contribution is 0.00442. The van der Waals surface area contributed by atoms with Gasteiger partial charge in [-0.25, -0.2) is 0 Å². The zero-order chi connectivity index (χ0) is 19.6. The molecule has 0 aliphatic heterocycles. The van der Waals surface area contributed by atoms with Gasteiger partial charge in [0.05, 0.1) is 28.6 Å². The molecule has 2 aromatic heterocycles. The fourth-order valence-corrected chi connectivity index (χ4v) is 4.16. The third-order valence-corrected chi connectivity index (χ3v) is 5.57. The van der Waals surface area contributed by atoms with Gasteiger partial charge in [0.15, 0.2) is 0 Å². The summed E-state index contributed by atoms with van der Waals surface area (Å²) in [6.45, 7) is 4.84. The van der Waals surface area contributed by atoms with Crippen molar-refractivity contribution in [2.45, 2.75) is 64.5 Å². The van der Waals surface area contributed by atoms with E-state index in [0.717, 1.165) is 56.2 Å². The summed E-state index contributed by atoms with van der Waals surface area (Å²) in [7, 11) is 3.60. The predicted molar refractivity (Wildman–Crippen MR) is 107 cm³/mol. The van der Waals surface area contributed by atoms with Crippen LogP contribution >= 0.6 is 0 Å². The van der Waals surface area contributed by atoms with E-state index in [-0.39, 0.29) is 23.6 Å². The highest BCUT2D eigenvalue weighted by Gasteiger charge is 2.29. The Hall–Kier alpha value is -2.08. The number of rotatable bonds is 6. The number of hydrogen-bond donors (Lipinski definition) is 1. The molecule has 27 heavy (non-hydrogen) atoms. The van der Waals surface area contributed by atoms with E-state index in [4.69, 9.17) is 4.74 Å². The van der Waals surface area contributed by atoms with E-state index in [0.29, 0.717) is 10.9 Å². The van der Waals surface area contributed by atoms with Crippen LogP contribution in [0.5, 0.6) is 0 Å². The summed E-state index contributed by atoms with van der Waals surface area (Å²) in [6, 6.07) is 0.00650. The van der Waals surface area contributed by atoms with Gasteiger partial charge in [0.1, 0.15) is 0 Å². The van der Waals surface area contributed by atoms with Crippen molar-refractivity contribution in [3.8, 4) is 0 Å². The molecule has 1 N–H and O–H groups in total. The number of hydrogen-bond acceptors (Lipinski definition) is 3. The molecule has 6 heteroatoms. The van der Waals surface area contributed by atoms with E-state index in [1.807, 2.05) is 24.7 Å². The summed E-state index contributed by atoms with van der Waals surface area (Å²) < 4.78 is 9.46. The maximum absolute atomic E-state index is 13.1. The molecule has 0 bridgehead atoms. The van der Waals surface area contributed by atoms with Crippen LogP contribution in [0.15, 0.2) is 17.2 Å². The van der Waals surface area contributed by atoms with Crippen molar-refractivity contribution in [3.63, 3.8) is 0 Å². The Morgan fingerprint density at radius 3 is 2.70 bits per heavy atom. The Bertz CT molecular complexity index is 881. The second-order valence-corrected chi connectivity index (χ2v) is 7.73. The minimum atomic E-state index is -0.181. The first-order valence-corrected chi connectivity index (χ1v) is 10.0. The molecule has 1 fully saturated rings. The van der Waals surface area contributed by atoms with E-state index in [2.05, 4.69) is 12.2 Å². The van der Waals surface area contributed by atoms with E-state index >= 15 is 0 Å². The summed E-state index contributed by atoms with van der Waals surface area (Å²) >= 11 is 0. The van der Waals surface area contributed by atoms with Crippen LogP contribution in [-0.2, 0) is 18.8 Å². The fourth-order valence-electron chi connectivity index (χ4n) is 4.16. The Balaban J connectivity index is 1.86. The lowest BCUT2D eigenvalue weighted by Crippen LogP contribution is -2.46. The van der Waals surface area contributed by atoms with Crippen LogP contribution in [-0.4, -0.2) is 33.8 Å². The minimum absolute atomic E-state index is 0.00650. The van der Waals surface area contributed by atoms with Crippen LogP contribution < -0.4 is 10.9 Å². The Kier molecular flexibility index (Phi) is 6.05. The van der Waals surface area contributed by atoms with Gasteiger partial charge in [-0.2, -0.15) is 0 Å². The maximum Gasteiger partial charge on any atom is 0.260 e. The molecule has 1 saturated carbocycles. The van der Waals surface area contributed by atoms with Gasteiger partial charge in [-0.15, -0.1) is 0 Å². The average Bonchev–Trinajstić information content (AvgIpc) is 2.99. The lowest BCUT2D eigenvalue weighted by Gasteiger charge is -2.32. The zero-order valence-corrected chi connectivity index (χ0v) is 16.9. The smallest absolute Gasteiger partial charge is 0.260 e. The van der Waals surface area contributed by atoms with Crippen molar-refractivity contribution in [1.29, 1.82) is 0 Å². The highest BCUT2D eigenvalue weighted by Crippen LogP contribution is 2.24. The maximum atomic E-state index is 13.1. The molecule has 0 spiro atoms. The van der Waals surface area contributed by atoms with Gasteiger partial charge in [0.2, 0.25) is 0 Å². The molecule has 1 amide bonds. The lowest BCUT2D eigenvalue weighted by atomic mass is 9.92. The summed E-state index contributed by atoms with van der Waals surface area (Å²) in [5, 5.41) is 3.66. The van der Waals surface area contributed by atoms with Gasteiger partial charge >= 0.3 is 0 Å². The molecule has 2 heterocycles. The van der Waals surface area contributed by atoms with E-state index in [9.17, 15) is 9.59 Å². The summed E-state index contributed by atoms with van der Waals surface area (Å²) in [5.41, 5.74) is 2.12. The molecular formula is C21H31N3O3. The number of aryl methyl sites for hydroxylation is 3. The van der Waals surface area contributed by atoms with Crippen LogP contribution in [0.4, 0.5) is 0 Å². The number of amides is 1. The third-order valence-electron chi connectivity index (χ3n) is 5.57. The van der Waals surface area contributed by atoms with Crippen molar-refractivity contribution in [3.05, 3.63) is 33.9 Å². The number of ether oxygens (including phenoxy) is 1. The SMILES string of the molecule is CCCCOC1CCCC[C@@H]1NC(=O)c1cn(C)c2c(C)cn(C)c(=O)c12. The fraction of sp³-hybridized carbons (Fsp3) is 0.619. The number of fused-ring (bicyclic) bond motifs is 1. The van der Waals surface area contributed by atoms with Crippen molar-refractivity contribution in [2.24, 2.45) is 14.1 Å². The first-order chi connectivity index (χ1) is 12.9. The highest BCUT2D eigenvalue weighted by atomic mass is 16.5. The zero-order valence-electron chi connectivity index (χ0n) is 16.9. The van der Waals surface area contributed by atoms with Crippen molar-refractivity contribution in [1.82, 2.24) is 14.5 Å². The Morgan fingerprint density at radius 1 is 1.22 bits per heavy atom. The van der Waals surface area contributed by atoms with E-state index in [1.165, 1.54) is 0 Å². The van der Waals surface area contributed by atoms with Gasteiger partial charge in [-0.05, 0) is 31.7 Å². The van der Waals surface area contributed by atoms with Crippen LogP contribution in [0, 0.1) is 6.92 Å². The van der Waals surface area contributed by atoms with Gasteiger partial charge in [-0.1, -0.05) is 26.2 Å². The third kappa shape index (κ3) is 3.95. The number of aromatic nitrogens is 2. The topological polar surface area (TPSA) is 65.3 Å². The molecule has 0 radical (unpaired) electrons. The highest BCUT2D eigenvalue weighted by molar-refractivity contribution is 6.07. The van der Waals surface area contributed by atoms with Crippen LogP contribution in [0.3, 0.4) is 0 Å². The Labute approximate surface area is 160 Å². The number of nitrogens with one attached hydrogen (secondary N) is 1. The number of carbonyl (C=O) groups is 1. The number of carbonyl (C=O) groups excluding carboxylic acids is 1. The molecule has 2 atom stereocenters. The second-order valence-electron chi connectivity index (χ2n) is 7.73. The number of unbranched alkanes of at least 4 members (excludes halogenated alkanes) is 1. The van der Waals surface area contributed by atoms with Gasteiger partial charge in [-0.3, -0.25) is 9.59 Å². The van der Waals surface area contributed by atoms with E-state index in [1.54, 1.807) is 17.8 Å². The van der Waals surface area contributed by atoms with Crippen molar-refractivity contribution < 1.29 is 9.53 Å². The first kappa shape index (κ1) is 19.7. The molecule has 1 aliphatic rings. The summed E-state index contributed by atoms with van der Waals surface area (Å²) in [4.78, 5) is 25.8. The monoisotopic (exact) mass is 373 g/mol. The minimum Gasteiger partial charge on any atom is -0.376 e. The number of pyridine rings is 1. The van der Waals surface area contributed by atoms with Gasteiger partial charge in [0.25, 0.3) is 11.5 Å². The van der Waals surface area contributed by atoms with E-state index < -0.39 is 0 Å². The standard InChI is InChI=1S/C21H31N3O3/c1-5-6-11-27-17-10-8-7-9-16(17)22-20(25)15-13-23(3)19-14(2)12-24(4)21(26)18(15)19/h12-13,16-17H,5-11H2,1-4H3,(H,22,25)/t16-,17?/m0/s1. The summed E-state index contributed by atoms with van der Waals surface area (Å²) in [5.74, 6) is -0.181. The molecule has 0 aromatic carbocycles. The molecule has 2 aromatic rings. The van der Waals surface area contributed by atoms with Crippen molar-refractivity contribution in [2.75, 3.05) is 6.61 Å². The van der Waals surface area contributed by atoms with Crippen LogP contribution in [0.2, 0.25) is 0 Å². The molecule has 3 rings (SSSR count). The largest absolute Gasteiger partial charge is 0.376 e. The molecule has 1 aliphatic carbocycles. The normalized spacial score (nSPS) is 20.1. The number of nitrogens with zero attached hydrogens (tertiary/aromatic N) is 2. The first-order valence-electron chi connectivity index (χ1n) is 10.0. The average molecular weight is 373 g/mol. The molecular weight excluding hydrogens is 342 g/mol. The molecule has 6 nitrogen and oxygen atoms in total. The van der Waals surface area contributed by atoms with Crippen LogP contribution in [0.25, 0.3) is 10.9 Å². The molecule has 0 saturated heterocycles.